The Hall–Kier alpha value is -7.65. The average molecular weight is 966 g/mol. The van der Waals surface area contributed by atoms with E-state index in [0.717, 1.165) is 51.1 Å². The monoisotopic (exact) mass is 968 g/mol. The number of nitrogens with zero attached hydrogens (tertiary/aromatic N) is 4. The quantitative estimate of drug-likeness (QED) is 0.163. The first-order valence-electron chi connectivity index (χ1n) is 22.8. The van der Waals surface area contributed by atoms with Crippen LogP contribution in [0.2, 0.25) is 0 Å². The first-order chi connectivity index (χ1) is 32.8. The fourth-order valence-corrected chi connectivity index (χ4v) is 28.5. The van der Waals surface area contributed by atoms with Crippen molar-refractivity contribution in [3.8, 4) is 23.0 Å². The summed E-state index contributed by atoms with van der Waals surface area (Å²) in [4.78, 5) is 10.0. The summed E-state index contributed by atoms with van der Waals surface area (Å²) in [6.45, 7) is 0. The zero-order chi connectivity index (χ0) is 42.8. The molecule has 6 heterocycles. The summed E-state index contributed by atoms with van der Waals surface area (Å²) in [5.41, 5.74) is 14.5. The van der Waals surface area contributed by atoms with Gasteiger partial charge in [-0.25, -0.2) is 0 Å². The molecule has 0 aliphatic carbocycles. The fraction of sp³-hybridized carbons (Fsp3) is 0. The van der Waals surface area contributed by atoms with Crippen molar-refractivity contribution in [2.45, 2.75) is 0 Å². The standard InChI is InChI=1S/C58H36Ge2N4O2/c1-5-17-35(18-6-1)61-41-25-13-27-43-51(41)59-54-46(61)30-16-32-49(54)66-58-40-34-50-56-57(39(40)33-47(55(58)59)63(43)37-21-9-3-10-22-37)64(38-23-11-4-12-24-38)44-28-14-26-42-52(44)60(56)53-45(29-15-31-48(53)65-50)62(42)36-19-7-2-8-20-36/h1-34,59-60H. The normalized spacial score (nSPS) is 16.6. The Bertz CT molecular complexity index is 3680. The molecule has 0 fully saturated rings. The number of para-hydroxylation sites is 4. The minimum atomic E-state index is -2.93. The summed E-state index contributed by atoms with van der Waals surface area (Å²) in [7, 11) is 0. The molecule has 8 heteroatoms. The molecule has 6 aliphatic rings. The van der Waals surface area contributed by atoms with Gasteiger partial charge in [-0.15, -0.1) is 0 Å². The molecule has 0 saturated carbocycles. The first kappa shape index (κ1) is 35.7. The van der Waals surface area contributed by atoms with Crippen LogP contribution in [0.4, 0.5) is 68.2 Å². The maximum absolute atomic E-state index is 7.57. The number of rotatable bonds is 4. The van der Waals surface area contributed by atoms with E-state index in [4.69, 9.17) is 9.47 Å². The van der Waals surface area contributed by atoms with Crippen LogP contribution in [0, 0.1) is 0 Å². The van der Waals surface area contributed by atoms with Crippen molar-refractivity contribution in [2.24, 2.45) is 0 Å². The Morgan fingerprint density at radius 2 is 0.667 bits per heavy atom. The van der Waals surface area contributed by atoms with E-state index in [0.29, 0.717) is 0 Å². The third-order valence-electron chi connectivity index (χ3n) is 14.7. The summed E-state index contributed by atoms with van der Waals surface area (Å²) >= 11 is -5.85. The Morgan fingerprint density at radius 3 is 1.17 bits per heavy atom. The summed E-state index contributed by atoms with van der Waals surface area (Å²) in [6.07, 6.45) is 0. The number of benzene rings is 10. The van der Waals surface area contributed by atoms with Crippen LogP contribution in [0.25, 0.3) is 10.8 Å². The molecule has 0 amide bonds. The van der Waals surface area contributed by atoms with Crippen LogP contribution in [0.15, 0.2) is 206 Å². The Kier molecular flexibility index (Phi) is 7.02. The third kappa shape index (κ3) is 4.48. The SMILES string of the molecule is c1ccc(N2c3cccc4[c]3[GeH]3[c]5c2cccc5N(c2ccccc2)c2cc5c6[c]7c(cc5c([c]23)O4)Oc2cccc3[c]2[GeH]7[c]2c(cccc2N6c2ccccc2)N3c2ccccc2)cc1. The third-order valence-corrected chi connectivity index (χ3v) is 29.3. The van der Waals surface area contributed by atoms with Crippen LogP contribution in [0.5, 0.6) is 23.0 Å². The molecule has 2 atom stereocenters. The molecule has 2 unspecified atom stereocenters. The van der Waals surface area contributed by atoms with Gasteiger partial charge in [-0.05, 0) is 0 Å². The van der Waals surface area contributed by atoms with Gasteiger partial charge in [0.15, 0.2) is 0 Å². The van der Waals surface area contributed by atoms with Crippen LogP contribution >= 0.6 is 0 Å². The van der Waals surface area contributed by atoms with Gasteiger partial charge >= 0.3 is 392 Å². The van der Waals surface area contributed by atoms with Gasteiger partial charge in [0.05, 0.1) is 0 Å². The van der Waals surface area contributed by atoms with Crippen LogP contribution in [0.1, 0.15) is 0 Å². The number of hydrogen-bond donors (Lipinski definition) is 0. The molecular formula is C58H36Ge2N4O2. The molecule has 0 N–H and O–H groups in total. The van der Waals surface area contributed by atoms with Crippen molar-refractivity contribution in [2.75, 3.05) is 19.6 Å². The molecule has 10 aromatic rings. The summed E-state index contributed by atoms with van der Waals surface area (Å²) in [5.74, 6) is 3.89. The molecule has 0 spiro atoms. The van der Waals surface area contributed by atoms with Gasteiger partial charge < -0.3 is 0 Å². The van der Waals surface area contributed by atoms with Crippen molar-refractivity contribution < 1.29 is 9.47 Å². The van der Waals surface area contributed by atoms with Crippen molar-refractivity contribution in [1.29, 1.82) is 0 Å². The number of hydrogen-bond acceptors (Lipinski definition) is 6. The van der Waals surface area contributed by atoms with E-state index in [1.54, 1.807) is 0 Å². The molecule has 0 aromatic heterocycles. The van der Waals surface area contributed by atoms with Crippen molar-refractivity contribution in [1.82, 2.24) is 0 Å². The molecular weight excluding hydrogens is 930 g/mol. The van der Waals surface area contributed by atoms with E-state index in [1.807, 2.05) is 0 Å². The number of ether oxygens (including phenoxy) is 2. The molecule has 0 radical (unpaired) electrons. The summed E-state index contributed by atoms with van der Waals surface area (Å²) in [6, 6.07) is 75.9. The van der Waals surface area contributed by atoms with Gasteiger partial charge in [-0.3, -0.25) is 0 Å². The van der Waals surface area contributed by atoms with Gasteiger partial charge in [-0.2, -0.15) is 0 Å². The zero-order valence-electron chi connectivity index (χ0n) is 35.4. The Labute approximate surface area is 390 Å². The predicted octanol–water partition coefficient (Wildman–Crippen LogP) is 10.7. The van der Waals surface area contributed by atoms with E-state index in [-0.39, 0.29) is 0 Å². The molecule has 6 aliphatic heterocycles. The number of anilines is 12. The molecule has 308 valence electrons. The van der Waals surface area contributed by atoms with E-state index < -0.39 is 28.7 Å². The second-order valence-electron chi connectivity index (χ2n) is 17.9. The first-order valence-corrected chi connectivity index (χ1v) is 30.0. The summed E-state index contributed by atoms with van der Waals surface area (Å²) in [5, 5.41) is 2.29. The molecule has 0 saturated heterocycles. The molecule has 66 heavy (non-hydrogen) atoms. The fourth-order valence-electron chi connectivity index (χ4n) is 12.3. The van der Waals surface area contributed by atoms with Gasteiger partial charge in [-0.1, -0.05) is 0 Å². The minimum absolute atomic E-state index is 0.962. The van der Waals surface area contributed by atoms with Gasteiger partial charge in [0.1, 0.15) is 0 Å². The molecule has 16 rings (SSSR count). The Balaban J connectivity index is 1.04. The molecule has 10 aromatic carbocycles. The van der Waals surface area contributed by atoms with E-state index >= 15 is 0 Å². The zero-order valence-corrected chi connectivity index (χ0v) is 40.2. The van der Waals surface area contributed by atoms with Crippen molar-refractivity contribution in [3.63, 3.8) is 0 Å². The second kappa shape index (κ2) is 13.0. The van der Waals surface area contributed by atoms with Crippen LogP contribution in [0.3, 0.4) is 0 Å². The number of fused-ring (bicyclic) bond motifs is 3. The molecule has 6 nitrogen and oxygen atoms in total. The topological polar surface area (TPSA) is 31.4 Å². The van der Waals surface area contributed by atoms with Crippen LogP contribution < -0.4 is 55.4 Å². The van der Waals surface area contributed by atoms with Crippen molar-refractivity contribution >= 4 is 134 Å². The summed E-state index contributed by atoms with van der Waals surface area (Å²) < 4.78 is 23.4. The van der Waals surface area contributed by atoms with E-state index in [9.17, 15) is 0 Å². The second-order valence-corrected chi connectivity index (χ2v) is 28.8. The molecule has 0 bridgehead atoms. The van der Waals surface area contributed by atoms with Gasteiger partial charge in [0, 0.05) is 0 Å². The van der Waals surface area contributed by atoms with Gasteiger partial charge in [0.2, 0.25) is 0 Å². The maximum atomic E-state index is 7.57. The van der Waals surface area contributed by atoms with E-state index in [2.05, 4.69) is 226 Å². The van der Waals surface area contributed by atoms with Crippen molar-refractivity contribution in [3.05, 3.63) is 206 Å². The van der Waals surface area contributed by atoms with Crippen LogP contribution in [-0.4, -0.2) is 28.7 Å². The predicted molar refractivity (Wildman–Crippen MR) is 275 cm³/mol. The van der Waals surface area contributed by atoms with E-state index in [1.165, 1.54) is 77.3 Å². The van der Waals surface area contributed by atoms with Crippen LogP contribution in [-0.2, 0) is 0 Å². The average Bonchev–Trinajstić information content (AvgIpc) is 3.38. The Morgan fingerprint density at radius 1 is 0.273 bits per heavy atom. The van der Waals surface area contributed by atoms with Gasteiger partial charge in [0.25, 0.3) is 0 Å².